The van der Waals surface area contributed by atoms with E-state index in [2.05, 4.69) is 16.4 Å². The average molecular weight is 412 g/mol. The fraction of sp³-hybridized carbons (Fsp3) is 0.192. The van der Waals surface area contributed by atoms with Crippen LogP contribution < -0.4 is 14.8 Å². The number of nitrogens with one attached hydrogen (secondary N) is 2. The molecule has 3 aromatic carbocycles. The van der Waals surface area contributed by atoms with Gasteiger partial charge in [0.15, 0.2) is 11.5 Å². The van der Waals surface area contributed by atoms with Gasteiger partial charge in [0.05, 0.1) is 6.04 Å². The fourth-order valence-corrected chi connectivity index (χ4v) is 4.23. The Morgan fingerprint density at radius 2 is 1.74 bits per heavy atom. The molecule has 5 rings (SSSR count). The van der Waals surface area contributed by atoms with Crippen LogP contribution in [0.5, 0.6) is 11.5 Å². The molecule has 5 heteroatoms. The Kier molecular flexibility index (Phi) is 5.08. The van der Waals surface area contributed by atoms with Gasteiger partial charge in [-0.05, 0) is 41.8 Å². The molecule has 0 spiro atoms. The zero-order chi connectivity index (χ0) is 21.2. The molecule has 4 aromatic rings. The number of fused-ring (bicyclic) bond motifs is 2. The van der Waals surface area contributed by atoms with Gasteiger partial charge in [-0.25, -0.2) is 0 Å². The second-order valence-electron chi connectivity index (χ2n) is 7.86. The van der Waals surface area contributed by atoms with Gasteiger partial charge in [-0.2, -0.15) is 0 Å². The van der Waals surface area contributed by atoms with Crippen molar-refractivity contribution in [1.82, 2.24) is 10.3 Å². The van der Waals surface area contributed by atoms with Crippen molar-refractivity contribution in [2.45, 2.75) is 25.3 Å². The van der Waals surface area contributed by atoms with Crippen LogP contribution in [0.25, 0.3) is 10.9 Å². The molecule has 156 valence electrons. The first-order valence-electron chi connectivity index (χ1n) is 10.5. The minimum Gasteiger partial charge on any atom is -0.454 e. The van der Waals surface area contributed by atoms with E-state index in [0.29, 0.717) is 6.42 Å². The highest BCUT2D eigenvalue weighted by Gasteiger charge is 2.24. The summed E-state index contributed by atoms with van der Waals surface area (Å²) >= 11 is 0. The topological polar surface area (TPSA) is 63.4 Å². The molecule has 1 aromatic heterocycles. The van der Waals surface area contributed by atoms with Crippen LogP contribution in [0.15, 0.2) is 79.0 Å². The number of hydrogen-bond donors (Lipinski definition) is 2. The molecule has 0 saturated carbocycles. The molecular formula is C26H24N2O3. The van der Waals surface area contributed by atoms with Crippen LogP contribution in [-0.4, -0.2) is 17.7 Å². The summed E-state index contributed by atoms with van der Waals surface area (Å²) in [6.45, 7) is 2.24. The van der Waals surface area contributed by atoms with Crippen molar-refractivity contribution < 1.29 is 14.3 Å². The third-order valence-electron chi connectivity index (χ3n) is 5.86. The van der Waals surface area contributed by atoms with E-state index in [9.17, 15) is 4.79 Å². The normalized spacial score (nSPS) is 14.4. The number of aromatic amines is 1. The Morgan fingerprint density at radius 1 is 0.968 bits per heavy atom. The first-order chi connectivity index (χ1) is 15.2. The third kappa shape index (κ3) is 3.87. The smallest absolute Gasteiger partial charge is 0.231 e. The maximum Gasteiger partial charge on any atom is 0.231 e. The Hall–Kier alpha value is -3.73. The van der Waals surface area contributed by atoms with Crippen LogP contribution in [0.3, 0.4) is 0 Å². The first kappa shape index (κ1) is 19.2. The number of carbonyl (C=O) groups excluding carboxylic acids is 1. The lowest BCUT2D eigenvalue weighted by Gasteiger charge is -2.20. The SMILES string of the molecule is C[C@@H](NC(=O)C[C@H](c1ccc2c(c1)OCO2)c1c[nH]c2ccccc12)c1ccccc1. The van der Waals surface area contributed by atoms with Gasteiger partial charge in [0, 0.05) is 29.4 Å². The quantitative estimate of drug-likeness (QED) is 0.452. The van der Waals surface area contributed by atoms with Gasteiger partial charge < -0.3 is 19.8 Å². The Bertz CT molecular complexity index is 1220. The molecule has 0 fully saturated rings. The van der Waals surface area contributed by atoms with Crippen molar-refractivity contribution >= 4 is 16.8 Å². The number of para-hydroxylation sites is 1. The molecule has 2 atom stereocenters. The van der Waals surface area contributed by atoms with Crippen molar-refractivity contribution in [2.75, 3.05) is 6.79 Å². The number of benzene rings is 3. The molecule has 1 aliphatic heterocycles. The lowest BCUT2D eigenvalue weighted by Crippen LogP contribution is -2.28. The highest BCUT2D eigenvalue weighted by atomic mass is 16.7. The number of ether oxygens (including phenoxy) is 2. The average Bonchev–Trinajstić information content (AvgIpc) is 3.44. The van der Waals surface area contributed by atoms with Crippen LogP contribution >= 0.6 is 0 Å². The van der Waals surface area contributed by atoms with E-state index in [1.165, 1.54) is 0 Å². The highest BCUT2D eigenvalue weighted by molar-refractivity contribution is 5.86. The molecule has 5 nitrogen and oxygen atoms in total. The zero-order valence-electron chi connectivity index (χ0n) is 17.3. The summed E-state index contributed by atoms with van der Waals surface area (Å²) in [7, 11) is 0. The molecule has 0 saturated heterocycles. The summed E-state index contributed by atoms with van der Waals surface area (Å²) in [5, 5.41) is 4.27. The zero-order valence-corrected chi connectivity index (χ0v) is 17.3. The molecule has 2 heterocycles. The van der Waals surface area contributed by atoms with E-state index in [0.717, 1.165) is 39.1 Å². The first-order valence-corrected chi connectivity index (χ1v) is 10.5. The van der Waals surface area contributed by atoms with Crippen LogP contribution in [-0.2, 0) is 4.79 Å². The molecule has 1 aliphatic rings. The number of rotatable bonds is 6. The summed E-state index contributed by atoms with van der Waals surface area (Å²) in [6.07, 6.45) is 2.34. The number of hydrogen-bond acceptors (Lipinski definition) is 3. The van der Waals surface area contributed by atoms with Gasteiger partial charge in [-0.3, -0.25) is 4.79 Å². The molecule has 1 amide bonds. The number of carbonyl (C=O) groups is 1. The van der Waals surface area contributed by atoms with Crippen LogP contribution in [0, 0.1) is 0 Å². The summed E-state index contributed by atoms with van der Waals surface area (Å²) in [6, 6.07) is 24.0. The second kappa shape index (κ2) is 8.19. The van der Waals surface area contributed by atoms with Crippen molar-refractivity contribution in [2.24, 2.45) is 0 Å². The van der Waals surface area contributed by atoms with Crippen LogP contribution in [0.1, 0.15) is 42.0 Å². The molecule has 0 unspecified atom stereocenters. The Morgan fingerprint density at radius 3 is 2.61 bits per heavy atom. The fourth-order valence-electron chi connectivity index (χ4n) is 4.23. The largest absolute Gasteiger partial charge is 0.454 e. The number of H-pyrrole nitrogens is 1. The number of amides is 1. The lowest BCUT2D eigenvalue weighted by atomic mass is 9.87. The van der Waals surface area contributed by atoms with E-state index < -0.39 is 0 Å². The second-order valence-corrected chi connectivity index (χ2v) is 7.86. The summed E-state index contributed by atoms with van der Waals surface area (Å²) in [4.78, 5) is 16.4. The van der Waals surface area contributed by atoms with Crippen LogP contribution in [0.2, 0.25) is 0 Å². The van der Waals surface area contributed by atoms with E-state index >= 15 is 0 Å². The van der Waals surface area contributed by atoms with E-state index in [1.807, 2.05) is 79.9 Å². The van der Waals surface area contributed by atoms with Gasteiger partial charge >= 0.3 is 0 Å². The van der Waals surface area contributed by atoms with Gasteiger partial charge in [-0.1, -0.05) is 54.6 Å². The van der Waals surface area contributed by atoms with Gasteiger partial charge in [0.25, 0.3) is 0 Å². The van der Waals surface area contributed by atoms with E-state index in [4.69, 9.17) is 9.47 Å². The molecule has 0 bridgehead atoms. The van der Waals surface area contributed by atoms with Crippen LogP contribution in [0.4, 0.5) is 0 Å². The van der Waals surface area contributed by atoms with Crippen molar-refractivity contribution in [3.63, 3.8) is 0 Å². The Labute approximate surface area is 181 Å². The molecular weight excluding hydrogens is 388 g/mol. The van der Waals surface area contributed by atoms with E-state index in [-0.39, 0.29) is 24.7 Å². The summed E-state index contributed by atoms with van der Waals surface area (Å²) in [5.74, 6) is 1.35. The van der Waals surface area contributed by atoms with Crippen molar-refractivity contribution in [3.8, 4) is 11.5 Å². The summed E-state index contributed by atoms with van der Waals surface area (Å²) in [5.41, 5.74) is 4.26. The standard InChI is InChI=1S/C26H24N2O3/c1-17(18-7-3-2-4-8-18)28-26(29)14-21(19-11-12-24-25(13-19)31-16-30-24)22-15-27-23-10-6-5-9-20(22)23/h2-13,15,17,21,27H,14,16H2,1H3,(H,28,29)/t17-,21-/m1/s1. The highest BCUT2D eigenvalue weighted by Crippen LogP contribution is 2.39. The monoisotopic (exact) mass is 412 g/mol. The molecule has 2 N–H and O–H groups in total. The summed E-state index contributed by atoms with van der Waals surface area (Å²) < 4.78 is 11.1. The maximum atomic E-state index is 13.1. The lowest BCUT2D eigenvalue weighted by molar-refractivity contribution is -0.121. The van der Waals surface area contributed by atoms with Crippen molar-refractivity contribution in [3.05, 3.63) is 95.7 Å². The third-order valence-corrected chi connectivity index (χ3v) is 5.86. The predicted molar refractivity (Wildman–Crippen MR) is 120 cm³/mol. The molecule has 0 aliphatic carbocycles. The molecule has 0 radical (unpaired) electrons. The predicted octanol–water partition coefficient (Wildman–Crippen LogP) is 5.30. The maximum absolute atomic E-state index is 13.1. The minimum atomic E-state index is -0.117. The van der Waals surface area contributed by atoms with Crippen molar-refractivity contribution in [1.29, 1.82) is 0 Å². The molecule has 31 heavy (non-hydrogen) atoms. The van der Waals surface area contributed by atoms with Gasteiger partial charge in [0.1, 0.15) is 0 Å². The van der Waals surface area contributed by atoms with Gasteiger partial charge in [0.2, 0.25) is 12.7 Å². The minimum absolute atomic E-state index is 0.00398. The number of aromatic nitrogens is 1. The van der Waals surface area contributed by atoms with Gasteiger partial charge in [-0.15, -0.1) is 0 Å². The van der Waals surface area contributed by atoms with E-state index in [1.54, 1.807) is 0 Å². The Balaban J connectivity index is 1.46.